The van der Waals surface area contributed by atoms with Crippen LogP contribution in [-0.4, -0.2) is 0 Å². The molecule has 2 nitrogen and oxygen atoms in total. The Hall–Kier alpha value is -5.60. The van der Waals surface area contributed by atoms with E-state index in [1.54, 1.807) is 0 Å². The van der Waals surface area contributed by atoms with E-state index in [1.807, 2.05) is 6.07 Å². The summed E-state index contributed by atoms with van der Waals surface area (Å²) < 4.78 is 6.44. The molecular formula is C44H33NO. The zero-order valence-corrected chi connectivity index (χ0v) is 26.2. The Morgan fingerprint density at radius 2 is 1.28 bits per heavy atom. The fourth-order valence-corrected chi connectivity index (χ4v) is 7.80. The molecule has 0 amide bonds. The van der Waals surface area contributed by atoms with Crippen LogP contribution in [0.2, 0.25) is 0 Å². The molecular weight excluding hydrogens is 558 g/mol. The number of nitrogens with zero attached hydrogens (tertiary/aromatic N) is 1. The van der Waals surface area contributed by atoms with Gasteiger partial charge in [0.1, 0.15) is 11.2 Å². The lowest BCUT2D eigenvalue weighted by atomic mass is 9.82. The number of hydrogen-bond donors (Lipinski definition) is 0. The van der Waals surface area contributed by atoms with Crippen molar-refractivity contribution in [2.75, 3.05) is 4.90 Å². The normalized spacial score (nSPS) is 13.3. The summed E-state index contributed by atoms with van der Waals surface area (Å²) in [6.07, 6.45) is 0. The van der Waals surface area contributed by atoms with Gasteiger partial charge in [-0.2, -0.15) is 0 Å². The SMILES string of the molecule is Cc1cccc2c1-c1ccc(N(c3ccc4ccccc4c3-c3ccccc3)c3cccc4oc5ccccc5c34)cc1C2(C)C. The Kier molecular flexibility index (Phi) is 5.79. The molecule has 0 fully saturated rings. The Labute approximate surface area is 269 Å². The van der Waals surface area contributed by atoms with Crippen LogP contribution in [0.15, 0.2) is 150 Å². The molecule has 1 aliphatic rings. The summed E-state index contributed by atoms with van der Waals surface area (Å²) in [5, 5.41) is 4.68. The van der Waals surface area contributed by atoms with Crippen LogP contribution < -0.4 is 4.90 Å². The first-order valence-electron chi connectivity index (χ1n) is 16.0. The van der Waals surface area contributed by atoms with Gasteiger partial charge in [-0.25, -0.2) is 0 Å². The van der Waals surface area contributed by atoms with Gasteiger partial charge < -0.3 is 9.32 Å². The molecule has 0 spiro atoms. The average molecular weight is 592 g/mol. The number of para-hydroxylation sites is 1. The fourth-order valence-electron chi connectivity index (χ4n) is 7.80. The molecule has 0 unspecified atom stereocenters. The van der Waals surface area contributed by atoms with Gasteiger partial charge in [-0.05, 0) is 87.5 Å². The van der Waals surface area contributed by atoms with Crippen LogP contribution in [0.3, 0.4) is 0 Å². The number of fused-ring (bicyclic) bond motifs is 7. The molecule has 0 bridgehead atoms. The first kappa shape index (κ1) is 26.8. The second kappa shape index (κ2) is 9.95. The minimum atomic E-state index is -0.127. The quantitative estimate of drug-likeness (QED) is 0.202. The van der Waals surface area contributed by atoms with Gasteiger partial charge in [0.25, 0.3) is 0 Å². The Morgan fingerprint density at radius 1 is 0.543 bits per heavy atom. The lowest BCUT2D eigenvalue weighted by Crippen LogP contribution is -2.17. The maximum Gasteiger partial charge on any atom is 0.137 e. The monoisotopic (exact) mass is 591 g/mol. The molecule has 0 radical (unpaired) electrons. The zero-order valence-electron chi connectivity index (χ0n) is 26.2. The van der Waals surface area contributed by atoms with E-state index in [0.29, 0.717) is 0 Å². The van der Waals surface area contributed by atoms with Crippen molar-refractivity contribution in [1.29, 1.82) is 0 Å². The van der Waals surface area contributed by atoms with Gasteiger partial charge in [0, 0.05) is 22.1 Å². The minimum Gasteiger partial charge on any atom is -0.456 e. The van der Waals surface area contributed by atoms with E-state index in [1.165, 1.54) is 49.7 Å². The van der Waals surface area contributed by atoms with Crippen molar-refractivity contribution >= 4 is 49.8 Å². The summed E-state index contributed by atoms with van der Waals surface area (Å²) in [5.74, 6) is 0. The van der Waals surface area contributed by atoms with Crippen LogP contribution in [-0.2, 0) is 5.41 Å². The molecule has 0 saturated heterocycles. The van der Waals surface area contributed by atoms with E-state index in [-0.39, 0.29) is 5.41 Å². The summed E-state index contributed by atoms with van der Waals surface area (Å²) >= 11 is 0. The fraction of sp³-hybridized carbons (Fsp3) is 0.0909. The van der Waals surface area contributed by atoms with Crippen LogP contribution in [0.5, 0.6) is 0 Å². The van der Waals surface area contributed by atoms with Gasteiger partial charge >= 0.3 is 0 Å². The second-order valence-electron chi connectivity index (χ2n) is 13.0. The predicted octanol–water partition coefficient (Wildman–Crippen LogP) is 12.5. The number of furan rings is 1. The number of hydrogen-bond acceptors (Lipinski definition) is 2. The van der Waals surface area contributed by atoms with Crippen molar-refractivity contribution in [3.8, 4) is 22.3 Å². The Balaban J connectivity index is 1.39. The third-order valence-corrected chi connectivity index (χ3v) is 9.98. The Bertz CT molecular complexity index is 2470. The largest absolute Gasteiger partial charge is 0.456 e. The van der Waals surface area contributed by atoms with Gasteiger partial charge in [-0.3, -0.25) is 0 Å². The number of rotatable bonds is 4. The Morgan fingerprint density at radius 3 is 2.15 bits per heavy atom. The molecule has 1 aliphatic carbocycles. The van der Waals surface area contributed by atoms with Crippen LogP contribution in [0.1, 0.15) is 30.5 Å². The van der Waals surface area contributed by atoms with Crippen LogP contribution in [0, 0.1) is 6.92 Å². The van der Waals surface area contributed by atoms with Crippen LogP contribution in [0.4, 0.5) is 17.1 Å². The molecule has 0 atom stereocenters. The maximum atomic E-state index is 6.44. The first-order chi connectivity index (χ1) is 22.5. The topological polar surface area (TPSA) is 16.4 Å². The van der Waals surface area contributed by atoms with Gasteiger partial charge in [0.05, 0.1) is 16.8 Å². The van der Waals surface area contributed by atoms with E-state index >= 15 is 0 Å². The highest BCUT2D eigenvalue weighted by atomic mass is 16.3. The summed E-state index contributed by atoms with van der Waals surface area (Å²) in [5.41, 5.74) is 14.2. The minimum absolute atomic E-state index is 0.127. The van der Waals surface area contributed by atoms with E-state index < -0.39 is 0 Å². The molecule has 0 saturated carbocycles. The predicted molar refractivity (Wildman–Crippen MR) is 194 cm³/mol. The second-order valence-corrected chi connectivity index (χ2v) is 13.0. The molecule has 0 N–H and O–H groups in total. The summed E-state index contributed by atoms with van der Waals surface area (Å²) in [6.45, 7) is 6.96. The molecule has 0 aliphatic heterocycles. The van der Waals surface area contributed by atoms with Crippen molar-refractivity contribution in [2.24, 2.45) is 0 Å². The van der Waals surface area contributed by atoms with Crippen molar-refractivity contribution in [3.63, 3.8) is 0 Å². The van der Waals surface area contributed by atoms with Gasteiger partial charge in [-0.15, -0.1) is 0 Å². The lowest BCUT2D eigenvalue weighted by molar-refractivity contribution is 0.660. The highest BCUT2D eigenvalue weighted by Gasteiger charge is 2.37. The standard InChI is InChI=1S/C44H33NO/c1-28-13-11-19-35-41(28)33-25-24-31(27-36(33)44(35,2)3)45(37-20-12-22-40-43(37)34-18-9-10-21-39(34)46-40)38-26-23-29-14-7-8-17-32(29)42(38)30-15-5-4-6-16-30/h4-27H,1-3H3. The van der Waals surface area contributed by atoms with Crippen molar-refractivity contribution < 1.29 is 4.42 Å². The van der Waals surface area contributed by atoms with Crippen molar-refractivity contribution in [3.05, 3.63) is 162 Å². The number of benzene rings is 7. The molecule has 1 heterocycles. The van der Waals surface area contributed by atoms with E-state index in [2.05, 4.69) is 165 Å². The van der Waals surface area contributed by atoms with Crippen molar-refractivity contribution in [1.82, 2.24) is 0 Å². The molecule has 7 aromatic carbocycles. The first-order valence-corrected chi connectivity index (χ1v) is 16.0. The highest BCUT2D eigenvalue weighted by molar-refractivity contribution is 6.15. The smallest absolute Gasteiger partial charge is 0.137 e. The summed E-state index contributed by atoms with van der Waals surface area (Å²) in [4.78, 5) is 2.46. The molecule has 2 heteroatoms. The van der Waals surface area contributed by atoms with Gasteiger partial charge in [-0.1, -0.05) is 123 Å². The van der Waals surface area contributed by atoms with Crippen molar-refractivity contribution in [2.45, 2.75) is 26.2 Å². The molecule has 1 aromatic heterocycles. The third-order valence-electron chi connectivity index (χ3n) is 9.98. The highest BCUT2D eigenvalue weighted by Crippen LogP contribution is 2.53. The molecule has 46 heavy (non-hydrogen) atoms. The third kappa shape index (κ3) is 3.83. The summed E-state index contributed by atoms with van der Waals surface area (Å²) in [7, 11) is 0. The molecule has 8 aromatic rings. The maximum absolute atomic E-state index is 6.44. The van der Waals surface area contributed by atoms with Gasteiger partial charge in [0.15, 0.2) is 0 Å². The van der Waals surface area contributed by atoms with E-state index in [0.717, 1.165) is 39.0 Å². The van der Waals surface area contributed by atoms with Crippen LogP contribution in [0.25, 0.3) is 55.0 Å². The number of aryl methyl sites for hydroxylation is 1. The van der Waals surface area contributed by atoms with E-state index in [9.17, 15) is 0 Å². The average Bonchev–Trinajstić information content (AvgIpc) is 3.58. The zero-order chi connectivity index (χ0) is 31.0. The lowest BCUT2D eigenvalue weighted by Gasteiger charge is -2.31. The van der Waals surface area contributed by atoms with E-state index in [4.69, 9.17) is 4.42 Å². The summed E-state index contributed by atoms with van der Waals surface area (Å²) in [6, 6.07) is 52.7. The molecule has 220 valence electrons. The van der Waals surface area contributed by atoms with Crippen LogP contribution >= 0.6 is 0 Å². The number of anilines is 3. The molecule has 9 rings (SSSR count). The van der Waals surface area contributed by atoms with Gasteiger partial charge in [0.2, 0.25) is 0 Å².